The van der Waals surface area contributed by atoms with Gasteiger partial charge >= 0.3 is 0 Å². The molecule has 0 spiro atoms. The number of nitriles is 1. The Morgan fingerprint density at radius 2 is 1.68 bits per heavy atom. The summed E-state index contributed by atoms with van der Waals surface area (Å²) in [6.45, 7) is 3.30. The summed E-state index contributed by atoms with van der Waals surface area (Å²) >= 11 is 0. The molecule has 204 valence electrons. The van der Waals surface area contributed by atoms with E-state index < -0.39 is 35.9 Å². The van der Waals surface area contributed by atoms with E-state index in [0.29, 0.717) is 11.3 Å². The highest BCUT2D eigenvalue weighted by Gasteiger charge is 2.41. The number of carbonyl (C=O) groups excluding carboxylic acids is 3. The highest BCUT2D eigenvalue weighted by atomic mass is 16.3. The van der Waals surface area contributed by atoms with Gasteiger partial charge in [0.2, 0.25) is 5.91 Å². The summed E-state index contributed by atoms with van der Waals surface area (Å²) in [5.74, 6) is -1.66. The second kappa shape index (κ2) is 12.8. The first-order chi connectivity index (χ1) is 19.3. The summed E-state index contributed by atoms with van der Waals surface area (Å²) in [5.41, 5.74) is 2.06. The SMILES string of the molecule is CC(C)C1C(=O)N(CC(=O)N[C@@H](Cc2ccccc2)C(O)C#N)C(c2ccccc2)=CN1C(=O)c1ccccn1. The average molecular weight is 538 g/mol. The lowest BCUT2D eigenvalue weighted by molar-refractivity contribution is -0.138. The molecule has 0 fully saturated rings. The van der Waals surface area contributed by atoms with E-state index in [-0.39, 0.29) is 24.6 Å². The Bertz CT molecular complexity index is 1400. The molecule has 0 aliphatic carbocycles. The van der Waals surface area contributed by atoms with Crippen molar-refractivity contribution in [1.82, 2.24) is 20.1 Å². The fourth-order valence-corrected chi connectivity index (χ4v) is 4.69. The summed E-state index contributed by atoms with van der Waals surface area (Å²) in [4.78, 5) is 47.7. The van der Waals surface area contributed by atoms with Gasteiger partial charge in [-0.15, -0.1) is 0 Å². The summed E-state index contributed by atoms with van der Waals surface area (Å²) in [5, 5.41) is 22.4. The Morgan fingerprint density at radius 3 is 2.27 bits per heavy atom. The number of aliphatic hydroxyl groups excluding tert-OH is 1. The quantitative estimate of drug-likeness (QED) is 0.404. The third kappa shape index (κ3) is 6.42. The number of hydrogen-bond acceptors (Lipinski definition) is 6. The molecule has 1 aliphatic heterocycles. The number of benzene rings is 2. The van der Waals surface area contributed by atoms with Gasteiger partial charge in [-0.25, -0.2) is 0 Å². The Labute approximate surface area is 233 Å². The smallest absolute Gasteiger partial charge is 0.277 e. The van der Waals surface area contributed by atoms with Crippen LogP contribution in [0.25, 0.3) is 5.70 Å². The number of rotatable bonds is 9. The van der Waals surface area contributed by atoms with Gasteiger partial charge < -0.3 is 10.4 Å². The van der Waals surface area contributed by atoms with Crippen molar-refractivity contribution in [3.05, 3.63) is 108 Å². The molecule has 3 atom stereocenters. The van der Waals surface area contributed by atoms with Gasteiger partial charge in [-0.1, -0.05) is 80.6 Å². The van der Waals surface area contributed by atoms with Crippen molar-refractivity contribution in [2.24, 2.45) is 5.92 Å². The Morgan fingerprint density at radius 1 is 1.02 bits per heavy atom. The number of amides is 3. The van der Waals surface area contributed by atoms with Gasteiger partial charge in [-0.3, -0.25) is 29.2 Å². The van der Waals surface area contributed by atoms with Crippen molar-refractivity contribution in [3.8, 4) is 6.07 Å². The predicted octanol–water partition coefficient (Wildman–Crippen LogP) is 3.00. The van der Waals surface area contributed by atoms with Crippen molar-refractivity contribution >= 4 is 23.4 Å². The zero-order chi connectivity index (χ0) is 28.6. The molecule has 9 nitrogen and oxygen atoms in total. The van der Waals surface area contributed by atoms with Gasteiger partial charge in [-0.05, 0) is 35.6 Å². The number of nitrogens with one attached hydrogen (secondary N) is 1. The molecular formula is C31H31N5O4. The lowest BCUT2D eigenvalue weighted by Crippen LogP contribution is -2.57. The van der Waals surface area contributed by atoms with E-state index in [4.69, 9.17) is 0 Å². The molecule has 0 bridgehead atoms. The first kappa shape index (κ1) is 28.2. The van der Waals surface area contributed by atoms with Gasteiger partial charge in [0.1, 0.15) is 18.3 Å². The molecule has 3 amide bonds. The van der Waals surface area contributed by atoms with Crippen molar-refractivity contribution in [3.63, 3.8) is 0 Å². The molecule has 3 aromatic rings. The monoisotopic (exact) mass is 537 g/mol. The van der Waals surface area contributed by atoms with E-state index in [2.05, 4.69) is 10.3 Å². The number of aliphatic hydroxyl groups is 1. The lowest BCUT2D eigenvalue weighted by Gasteiger charge is -2.41. The largest absolute Gasteiger partial charge is 0.376 e. The Kier molecular flexibility index (Phi) is 9.04. The molecule has 0 saturated carbocycles. The molecule has 2 unspecified atom stereocenters. The van der Waals surface area contributed by atoms with Crippen LogP contribution in [-0.2, 0) is 16.0 Å². The molecule has 1 aromatic heterocycles. The fourth-order valence-electron chi connectivity index (χ4n) is 4.69. The van der Waals surface area contributed by atoms with E-state index in [1.165, 1.54) is 16.0 Å². The van der Waals surface area contributed by atoms with E-state index >= 15 is 0 Å². The highest BCUT2D eigenvalue weighted by molar-refractivity contribution is 6.03. The third-order valence-electron chi connectivity index (χ3n) is 6.65. The minimum absolute atomic E-state index is 0.199. The lowest BCUT2D eigenvalue weighted by atomic mass is 9.96. The Hall–Kier alpha value is -4.81. The van der Waals surface area contributed by atoms with Crippen LogP contribution in [0.1, 0.15) is 35.5 Å². The topological polar surface area (TPSA) is 127 Å². The minimum atomic E-state index is -1.44. The van der Waals surface area contributed by atoms with Crippen molar-refractivity contribution < 1.29 is 19.5 Å². The number of nitrogens with zero attached hydrogens (tertiary/aromatic N) is 4. The molecule has 4 rings (SSSR count). The summed E-state index contributed by atoms with van der Waals surface area (Å²) in [6.07, 6.45) is 1.90. The molecule has 9 heteroatoms. The van der Waals surface area contributed by atoms with Crippen LogP contribution in [0.3, 0.4) is 0 Å². The maximum absolute atomic E-state index is 14.0. The third-order valence-corrected chi connectivity index (χ3v) is 6.65. The average Bonchev–Trinajstić information content (AvgIpc) is 2.98. The first-order valence-corrected chi connectivity index (χ1v) is 13.0. The van der Waals surface area contributed by atoms with Crippen LogP contribution in [0.15, 0.2) is 91.3 Å². The second-order valence-corrected chi connectivity index (χ2v) is 9.86. The zero-order valence-corrected chi connectivity index (χ0v) is 22.3. The van der Waals surface area contributed by atoms with Gasteiger partial charge in [0.15, 0.2) is 6.10 Å². The maximum atomic E-state index is 14.0. The van der Waals surface area contributed by atoms with E-state index in [0.717, 1.165) is 5.56 Å². The van der Waals surface area contributed by atoms with Crippen molar-refractivity contribution in [2.75, 3.05) is 6.54 Å². The molecule has 2 N–H and O–H groups in total. The molecule has 40 heavy (non-hydrogen) atoms. The van der Waals surface area contributed by atoms with Crippen LogP contribution in [0.4, 0.5) is 0 Å². The van der Waals surface area contributed by atoms with E-state index in [1.54, 1.807) is 54.7 Å². The van der Waals surface area contributed by atoms with Crippen LogP contribution in [0, 0.1) is 17.2 Å². The fraction of sp³-hybridized carbons (Fsp3) is 0.258. The van der Waals surface area contributed by atoms with Crippen LogP contribution in [0.5, 0.6) is 0 Å². The normalized spacial score (nSPS) is 16.6. The van der Waals surface area contributed by atoms with Crippen LogP contribution in [-0.4, -0.2) is 62.3 Å². The van der Waals surface area contributed by atoms with E-state index in [1.807, 2.05) is 50.2 Å². The summed E-state index contributed by atoms with van der Waals surface area (Å²) in [7, 11) is 0. The van der Waals surface area contributed by atoms with Gasteiger partial charge in [-0.2, -0.15) is 5.26 Å². The molecule has 2 heterocycles. The van der Waals surface area contributed by atoms with Gasteiger partial charge in [0, 0.05) is 12.4 Å². The summed E-state index contributed by atoms with van der Waals surface area (Å²) < 4.78 is 0. The highest BCUT2D eigenvalue weighted by Crippen LogP contribution is 2.30. The number of pyridine rings is 1. The number of hydrogen-bond donors (Lipinski definition) is 2. The maximum Gasteiger partial charge on any atom is 0.277 e. The van der Waals surface area contributed by atoms with E-state index in [9.17, 15) is 24.8 Å². The molecule has 1 aliphatic rings. The van der Waals surface area contributed by atoms with Crippen LogP contribution >= 0.6 is 0 Å². The molecule has 0 radical (unpaired) electrons. The summed E-state index contributed by atoms with van der Waals surface area (Å²) in [6, 6.07) is 23.3. The standard InChI is InChI=1S/C31H31N5O4/c1-21(2)29-31(40)35(20-28(38)34-25(27(37)18-32)17-22-11-5-3-6-12-22)26(23-13-7-4-8-14-23)19-36(29)30(39)24-15-9-10-16-33-24/h3-16,19,21,25,27,29,37H,17,20H2,1-2H3,(H,34,38)/t25-,27?,29?/m0/s1. The second-order valence-electron chi connectivity index (χ2n) is 9.86. The van der Waals surface area contributed by atoms with Crippen molar-refractivity contribution in [1.29, 1.82) is 5.26 Å². The first-order valence-electron chi connectivity index (χ1n) is 13.0. The van der Waals surface area contributed by atoms with Crippen LogP contribution < -0.4 is 5.32 Å². The van der Waals surface area contributed by atoms with Crippen molar-refractivity contribution in [2.45, 2.75) is 38.5 Å². The molecule has 2 aromatic carbocycles. The molecular weight excluding hydrogens is 506 g/mol. The van der Waals surface area contributed by atoms with Crippen LogP contribution in [0.2, 0.25) is 0 Å². The number of aromatic nitrogens is 1. The Balaban J connectivity index is 1.67. The number of carbonyl (C=O) groups is 3. The van der Waals surface area contributed by atoms with Gasteiger partial charge in [0.05, 0.1) is 17.8 Å². The molecule has 0 saturated heterocycles. The minimum Gasteiger partial charge on any atom is -0.376 e. The van der Waals surface area contributed by atoms with Gasteiger partial charge in [0.25, 0.3) is 11.8 Å². The predicted molar refractivity (Wildman–Crippen MR) is 149 cm³/mol. The zero-order valence-electron chi connectivity index (χ0n) is 22.3.